The van der Waals surface area contributed by atoms with Crippen molar-refractivity contribution < 1.29 is 0 Å². The number of hydrogen-bond acceptors (Lipinski definition) is 1. The van der Waals surface area contributed by atoms with Gasteiger partial charge in [0.15, 0.2) is 0 Å². The van der Waals surface area contributed by atoms with Gasteiger partial charge in [-0.2, -0.15) is 0 Å². The Balaban J connectivity index is 1.64. The van der Waals surface area contributed by atoms with E-state index in [-0.39, 0.29) is 21.7 Å². The van der Waals surface area contributed by atoms with E-state index in [0.29, 0.717) is 0 Å². The van der Waals surface area contributed by atoms with Gasteiger partial charge in [0.25, 0.3) is 0 Å². The van der Waals surface area contributed by atoms with Crippen molar-refractivity contribution in [3.8, 4) is 0 Å². The number of para-hydroxylation sites is 1. The Labute approximate surface area is 143 Å². The molecule has 0 saturated heterocycles. The molecule has 0 heterocycles. The molecule has 0 amide bonds. The van der Waals surface area contributed by atoms with Crippen LogP contribution in [0, 0.1) is 35.5 Å². The van der Waals surface area contributed by atoms with Gasteiger partial charge in [0.05, 0.1) is 5.69 Å². The highest BCUT2D eigenvalue weighted by molar-refractivity contribution is 6.12. The van der Waals surface area contributed by atoms with Gasteiger partial charge in [-0.3, -0.25) is 4.99 Å². The number of benzene rings is 1. The molecule has 5 aliphatic carbocycles. The lowest BCUT2D eigenvalue weighted by Gasteiger charge is -2.24. The van der Waals surface area contributed by atoms with Gasteiger partial charge < -0.3 is 0 Å². The lowest BCUT2D eigenvalue weighted by atomic mass is 9.78. The molecule has 0 radical (unpaired) electrons. The van der Waals surface area contributed by atoms with Gasteiger partial charge in [-0.1, -0.05) is 66.8 Å². The first-order valence-corrected chi connectivity index (χ1v) is 9.01. The van der Waals surface area contributed by atoms with E-state index in [4.69, 9.17) is 4.99 Å². The SMILES string of the molecule is Cc1cccc(C)c1N=C1C23C=CC=CC2(C3)C23C=CC=CC12C3. The van der Waals surface area contributed by atoms with Crippen molar-refractivity contribution in [2.24, 2.45) is 26.7 Å². The van der Waals surface area contributed by atoms with Gasteiger partial charge >= 0.3 is 0 Å². The molecule has 1 aromatic carbocycles. The fourth-order valence-electron chi connectivity index (χ4n) is 6.35. The second kappa shape index (κ2) is 3.59. The van der Waals surface area contributed by atoms with Crippen molar-refractivity contribution in [2.75, 3.05) is 0 Å². The zero-order valence-electron chi connectivity index (χ0n) is 14.2. The highest BCUT2D eigenvalue weighted by Crippen LogP contribution is 2.96. The molecule has 0 aromatic heterocycles. The van der Waals surface area contributed by atoms with Crippen molar-refractivity contribution in [3.63, 3.8) is 0 Å². The van der Waals surface area contributed by atoms with Crippen molar-refractivity contribution in [2.45, 2.75) is 26.7 Å². The predicted molar refractivity (Wildman–Crippen MR) is 98.5 cm³/mol. The molecule has 4 unspecified atom stereocenters. The molecular formula is C23H21N. The Bertz CT molecular complexity index is 888. The van der Waals surface area contributed by atoms with Crippen LogP contribution in [0.15, 0.2) is 71.8 Å². The number of allylic oxidation sites excluding steroid dienone is 8. The average molecular weight is 311 g/mol. The van der Waals surface area contributed by atoms with E-state index < -0.39 is 0 Å². The lowest BCUT2D eigenvalue weighted by molar-refractivity contribution is 0.390. The third kappa shape index (κ3) is 1.08. The number of hydrogen-bond donors (Lipinski definition) is 0. The van der Waals surface area contributed by atoms with E-state index >= 15 is 0 Å². The first kappa shape index (κ1) is 13.2. The Morgan fingerprint density at radius 3 is 1.79 bits per heavy atom. The highest BCUT2D eigenvalue weighted by atomic mass is 15.0. The van der Waals surface area contributed by atoms with Gasteiger partial charge in [0, 0.05) is 27.4 Å². The summed E-state index contributed by atoms with van der Waals surface area (Å²) in [6, 6.07) is 6.50. The van der Waals surface area contributed by atoms with E-state index in [9.17, 15) is 0 Å². The van der Waals surface area contributed by atoms with Crippen molar-refractivity contribution >= 4 is 11.4 Å². The van der Waals surface area contributed by atoms with Crippen LogP contribution in [0.25, 0.3) is 0 Å². The van der Waals surface area contributed by atoms with E-state index in [1.807, 2.05) is 0 Å². The molecule has 0 N–H and O–H groups in total. The van der Waals surface area contributed by atoms with Crippen molar-refractivity contribution in [1.29, 1.82) is 0 Å². The standard InChI is InChI=1S/C23H21N/c1-16-8-7-9-17(2)18(16)24-19-20-10-3-5-12-22(20,14-20)23-13-6-4-11-21(19,23)15-23/h3-13H,14-15H2,1-2H3. The fourth-order valence-corrected chi connectivity index (χ4v) is 6.35. The van der Waals surface area contributed by atoms with E-state index in [0.717, 1.165) is 0 Å². The van der Waals surface area contributed by atoms with Crippen molar-refractivity contribution in [1.82, 2.24) is 0 Å². The topological polar surface area (TPSA) is 12.4 Å². The molecule has 1 aromatic rings. The zero-order valence-corrected chi connectivity index (χ0v) is 14.2. The number of rotatable bonds is 1. The molecule has 3 saturated carbocycles. The summed E-state index contributed by atoms with van der Waals surface area (Å²) in [4.78, 5) is 5.39. The van der Waals surface area contributed by atoms with Crippen LogP contribution in [0.3, 0.4) is 0 Å². The van der Waals surface area contributed by atoms with Crippen LogP contribution in [-0.4, -0.2) is 5.71 Å². The van der Waals surface area contributed by atoms with Crippen LogP contribution < -0.4 is 0 Å². The monoisotopic (exact) mass is 311 g/mol. The Morgan fingerprint density at radius 1 is 0.750 bits per heavy atom. The normalized spacial score (nSPS) is 44.7. The largest absolute Gasteiger partial charge is 0.255 e. The third-order valence-corrected chi connectivity index (χ3v) is 7.51. The van der Waals surface area contributed by atoms with E-state index in [2.05, 4.69) is 80.7 Å². The lowest BCUT2D eigenvalue weighted by Crippen LogP contribution is -2.23. The molecule has 0 bridgehead atoms. The first-order valence-electron chi connectivity index (χ1n) is 9.01. The van der Waals surface area contributed by atoms with Crippen LogP contribution in [0.4, 0.5) is 5.69 Å². The average Bonchev–Trinajstić information content (AvgIpc) is 3.44. The molecule has 0 aliphatic heterocycles. The van der Waals surface area contributed by atoms with Crippen LogP contribution in [-0.2, 0) is 0 Å². The summed E-state index contributed by atoms with van der Waals surface area (Å²) < 4.78 is 0. The van der Waals surface area contributed by atoms with Crippen LogP contribution in [0.2, 0.25) is 0 Å². The van der Waals surface area contributed by atoms with Crippen LogP contribution >= 0.6 is 0 Å². The minimum absolute atomic E-state index is 0.160. The Kier molecular flexibility index (Phi) is 1.97. The Morgan fingerprint density at radius 2 is 1.25 bits per heavy atom. The second-order valence-electron chi connectivity index (χ2n) is 8.38. The van der Waals surface area contributed by atoms with Crippen LogP contribution in [0.1, 0.15) is 24.0 Å². The maximum absolute atomic E-state index is 5.39. The molecule has 118 valence electrons. The predicted octanol–water partition coefficient (Wildman–Crippen LogP) is 5.39. The molecular weight excluding hydrogens is 290 g/mol. The number of nitrogens with zero attached hydrogens (tertiary/aromatic N) is 1. The molecule has 1 heteroatoms. The third-order valence-electron chi connectivity index (χ3n) is 7.51. The molecule has 1 nitrogen and oxygen atoms in total. The molecule has 24 heavy (non-hydrogen) atoms. The van der Waals surface area contributed by atoms with Gasteiger partial charge in [0.2, 0.25) is 0 Å². The highest BCUT2D eigenvalue weighted by Gasteiger charge is 2.94. The van der Waals surface area contributed by atoms with Gasteiger partial charge in [-0.05, 0) is 37.8 Å². The summed E-state index contributed by atoms with van der Waals surface area (Å²) in [5.41, 5.74) is 6.06. The second-order valence-corrected chi connectivity index (χ2v) is 8.38. The van der Waals surface area contributed by atoms with Gasteiger partial charge in [0.1, 0.15) is 0 Å². The van der Waals surface area contributed by atoms with Gasteiger partial charge in [-0.25, -0.2) is 0 Å². The first-order chi connectivity index (χ1) is 11.6. The maximum Gasteiger partial charge on any atom is 0.0688 e. The summed E-state index contributed by atoms with van der Waals surface area (Å²) in [5, 5.41) is 0. The zero-order chi connectivity index (χ0) is 16.2. The Hall–Kier alpha value is -2.15. The fraction of sp³-hybridized carbons (Fsp3) is 0.348. The summed E-state index contributed by atoms with van der Waals surface area (Å²) >= 11 is 0. The summed E-state index contributed by atoms with van der Waals surface area (Å²) in [7, 11) is 0. The molecule has 3 fully saturated rings. The smallest absolute Gasteiger partial charge is 0.0688 e. The molecule has 0 spiro atoms. The van der Waals surface area contributed by atoms with Crippen LogP contribution in [0.5, 0.6) is 0 Å². The number of aryl methyl sites for hydroxylation is 2. The quantitative estimate of drug-likeness (QED) is 0.659. The van der Waals surface area contributed by atoms with E-state index in [1.165, 1.54) is 35.4 Å². The summed E-state index contributed by atoms with van der Waals surface area (Å²) in [6.45, 7) is 4.37. The molecule has 5 aliphatic rings. The number of aliphatic imine (C=N–C) groups is 1. The molecule has 4 atom stereocenters. The molecule has 6 rings (SSSR count). The minimum atomic E-state index is 0.160. The van der Waals surface area contributed by atoms with Crippen molar-refractivity contribution in [3.05, 3.63) is 77.9 Å². The van der Waals surface area contributed by atoms with Gasteiger partial charge in [-0.15, -0.1) is 0 Å². The summed E-state index contributed by atoms with van der Waals surface area (Å²) in [6.07, 6.45) is 21.3. The maximum atomic E-state index is 5.39. The van der Waals surface area contributed by atoms with E-state index in [1.54, 1.807) is 0 Å². The summed E-state index contributed by atoms with van der Waals surface area (Å²) in [5.74, 6) is 0. The minimum Gasteiger partial charge on any atom is -0.255 e.